The molecule has 0 bridgehead atoms. The molecule has 0 atom stereocenters. The average Bonchev–Trinajstić information content (AvgIpc) is 2.77. The molecule has 3 N–H and O–H groups in total. The molecule has 1 amide bonds. The fourth-order valence-corrected chi connectivity index (χ4v) is 3.80. The fourth-order valence-electron chi connectivity index (χ4n) is 3.16. The second-order valence-electron chi connectivity index (χ2n) is 6.04. The van der Waals surface area contributed by atoms with Crippen LogP contribution < -0.4 is 11.1 Å². The Hall–Kier alpha value is -0.870. The number of nitrogens with two attached hydrogens (primary N) is 1. The Kier molecular flexibility index (Phi) is 2.83. The normalized spacial score (nSPS) is 29.5. The van der Waals surface area contributed by atoms with E-state index in [0.29, 0.717) is 0 Å². The molecule has 0 aliphatic heterocycles. The summed E-state index contributed by atoms with van der Waals surface area (Å²) in [5.41, 5.74) is 6.81. The van der Waals surface area contributed by atoms with Gasteiger partial charge in [0.1, 0.15) is 0 Å². The summed E-state index contributed by atoms with van der Waals surface area (Å²) >= 11 is 1.54. The summed E-state index contributed by atoms with van der Waals surface area (Å²) in [7, 11) is 0. The molecule has 0 radical (unpaired) electrons. The van der Waals surface area contributed by atoms with Crippen LogP contribution in [0.4, 0.5) is 0 Å². The summed E-state index contributed by atoms with van der Waals surface area (Å²) in [6.45, 7) is 8.45. The zero-order chi connectivity index (χ0) is 12.8. The van der Waals surface area contributed by atoms with Crippen molar-refractivity contribution in [3.63, 3.8) is 0 Å². The molecule has 17 heavy (non-hydrogen) atoms. The monoisotopic (exact) mass is 252 g/mol. The molecule has 0 unspecified atom stereocenters. The zero-order valence-corrected chi connectivity index (χ0v) is 11.6. The standard InChI is InChI=1S/C13H20N2OS/c1-12(2)10(14)13(3,4)11(12)15-9(16)8-5-6-17-7-8/h5-7,10-11H,14H2,1-4H3,(H,15,16). The minimum absolute atomic E-state index is 0.00398. The Morgan fingerprint density at radius 2 is 1.94 bits per heavy atom. The summed E-state index contributed by atoms with van der Waals surface area (Å²) in [5.74, 6) is 0.00398. The molecular formula is C13H20N2OS. The Bertz CT molecular complexity index is 407. The van der Waals surface area contributed by atoms with E-state index >= 15 is 0 Å². The first-order chi connectivity index (χ1) is 7.78. The van der Waals surface area contributed by atoms with Gasteiger partial charge in [0.25, 0.3) is 5.91 Å². The average molecular weight is 252 g/mol. The first-order valence-corrected chi connectivity index (χ1v) is 6.81. The van der Waals surface area contributed by atoms with Crippen LogP contribution in [0.1, 0.15) is 38.1 Å². The van der Waals surface area contributed by atoms with E-state index in [1.165, 1.54) is 11.3 Å². The number of amides is 1. The lowest BCUT2D eigenvalue weighted by atomic mass is 9.48. The molecule has 1 saturated carbocycles. The maximum absolute atomic E-state index is 12.0. The summed E-state index contributed by atoms with van der Waals surface area (Å²) in [4.78, 5) is 12.0. The van der Waals surface area contributed by atoms with Crippen LogP contribution in [0.3, 0.4) is 0 Å². The van der Waals surface area contributed by atoms with Crippen molar-refractivity contribution in [3.05, 3.63) is 22.4 Å². The predicted octanol–water partition coefficient (Wildman–Crippen LogP) is 2.24. The summed E-state index contributed by atoms with van der Waals surface area (Å²) in [6.07, 6.45) is 0. The van der Waals surface area contributed by atoms with Crippen LogP contribution in [0.25, 0.3) is 0 Å². The number of hydrogen-bond donors (Lipinski definition) is 2. The maximum Gasteiger partial charge on any atom is 0.252 e. The molecule has 0 saturated heterocycles. The Labute approximate surface area is 106 Å². The van der Waals surface area contributed by atoms with Gasteiger partial charge in [-0.2, -0.15) is 11.3 Å². The highest BCUT2D eigenvalue weighted by Crippen LogP contribution is 2.52. The highest BCUT2D eigenvalue weighted by molar-refractivity contribution is 7.08. The zero-order valence-electron chi connectivity index (χ0n) is 10.8. The second-order valence-corrected chi connectivity index (χ2v) is 6.82. The summed E-state index contributed by atoms with van der Waals surface area (Å²) < 4.78 is 0. The van der Waals surface area contributed by atoms with Crippen molar-refractivity contribution in [3.8, 4) is 0 Å². The van der Waals surface area contributed by atoms with E-state index in [1.807, 2.05) is 16.8 Å². The molecule has 94 valence electrons. The van der Waals surface area contributed by atoms with Crippen molar-refractivity contribution in [2.75, 3.05) is 0 Å². The number of carbonyl (C=O) groups excluding carboxylic acids is 1. The van der Waals surface area contributed by atoms with Crippen LogP contribution in [-0.4, -0.2) is 18.0 Å². The molecule has 1 aliphatic rings. The van der Waals surface area contributed by atoms with Gasteiger partial charge in [-0.15, -0.1) is 0 Å². The number of hydrogen-bond acceptors (Lipinski definition) is 3. The van der Waals surface area contributed by atoms with Gasteiger partial charge in [0.15, 0.2) is 0 Å². The SMILES string of the molecule is CC1(C)C(N)C(C)(C)C1NC(=O)c1ccsc1. The maximum atomic E-state index is 12.0. The van der Waals surface area contributed by atoms with Crippen molar-refractivity contribution in [2.24, 2.45) is 16.6 Å². The third-order valence-corrected chi connectivity index (χ3v) is 4.83. The number of rotatable bonds is 2. The fraction of sp³-hybridized carbons (Fsp3) is 0.615. The van der Waals surface area contributed by atoms with Gasteiger partial charge in [-0.05, 0) is 11.4 Å². The molecule has 0 aromatic carbocycles. The Balaban J connectivity index is 2.12. The highest BCUT2D eigenvalue weighted by atomic mass is 32.1. The largest absolute Gasteiger partial charge is 0.348 e. The predicted molar refractivity (Wildman–Crippen MR) is 71.1 cm³/mol. The van der Waals surface area contributed by atoms with Gasteiger partial charge in [-0.25, -0.2) is 0 Å². The van der Waals surface area contributed by atoms with Gasteiger partial charge in [0.05, 0.1) is 0 Å². The first-order valence-electron chi connectivity index (χ1n) is 5.86. The molecular weight excluding hydrogens is 232 g/mol. The van der Waals surface area contributed by atoms with Crippen LogP contribution in [0.2, 0.25) is 0 Å². The van der Waals surface area contributed by atoms with Gasteiger partial charge in [0, 0.05) is 33.9 Å². The van der Waals surface area contributed by atoms with E-state index in [0.717, 1.165) is 5.56 Å². The van der Waals surface area contributed by atoms with Gasteiger partial charge in [-0.1, -0.05) is 27.7 Å². The van der Waals surface area contributed by atoms with E-state index < -0.39 is 0 Å². The quantitative estimate of drug-likeness (QED) is 0.848. The first kappa shape index (κ1) is 12.6. The number of thiophene rings is 1. The van der Waals surface area contributed by atoms with Gasteiger partial charge in [0.2, 0.25) is 0 Å². The lowest BCUT2D eigenvalue weighted by Crippen LogP contribution is -2.76. The van der Waals surface area contributed by atoms with Crippen molar-refractivity contribution < 1.29 is 4.79 Å². The molecule has 4 heteroatoms. The molecule has 1 aliphatic carbocycles. The molecule has 1 heterocycles. The Morgan fingerprint density at radius 1 is 1.35 bits per heavy atom. The summed E-state index contributed by atoms with van der Waals surface area (Å²) in [5, 5.41) is 6.90. The lowest BCUT2D eigenvalue weighted by molar-refractivity contribution is -0.0663. The minimum atomic E-state index is -0.0464. The van der Waals surface area contributed by atoms with E-state index in [2.05, 4.69) is 33.0 Å². The van der Waals surface area contributed by atoms with E-state index in [9.17, 15) is 4.79 Å². The van der Waals surface area contributed by atoms with Crippen LogP contribution in [0.5, 0.6) is 0 Å². The molecule has 1 fully saturated rings. The number of nitrogens with one attached hydrogen (secondary N) is 1. The minimum Gasteiger partial charge on any atom is -0.348 e. The van der Waals surface area contributed by atoms with Crippen molar-refractivity contribution >= 4 is 17.2 Å². The lowest BCUT2D eigenvalue weighted by Gasteiger charge is -2.62. The third-order valence-electron chi connectivity index (χ3n) is 4.15. The van der Waals surface area contributed by atoms with Crippen molar-refractivity contribution in [2.45, 2.75) is 39.8 Å². The molecule has 3 nitrogen and oxygen atoms in total. The molecule has 2 rings (SSSR count). The smallest absolute Gasteiger partial charge is 0.252 e. The Morgan fingerprint density at radius 3 is 2.41 bits per heavy atom. The van der Waals surface area contributed by atoms with Crippen LogP contribution >= 0.6 is 11.3 Å². The molecule has 1 aromatic rings. The van der Waals surface area contributed by atoms with Crippen molar-refractivity contribution in [1.82, 2.24) is 5.32 Å². The summed E-state index contributed by atoms with van der Waals surface area (Å²) in [6, 6.07) is 2.08. The third kappa shape index (κ3) is 1.79. The highest BCUT2D eigenvalue weighted by Gasteiger charge is 2.60. The molecule has 1 aromatic heterocycles. The second kappa shape index (κ2) is 3.82. The van der Waals surface area contributed by atoms with E-state index in [1.54, 1.807) is 0 Å². The van der Waals surface area contributed by atoms with Crippen LogP contribution in [-0.2, 0) is 0 Å². The van der Waals surface area contributed by atoms with Gasteiger partial charge < -0.3 is 11.1 Å². The van der Waals surface area contributed by atoms with Gasteiger partial charge >= 0.3 is 0 Å². The number of carbonyl (C=O) groups is 1. The van der Waals surface area contributed by atoms with Crippen LogP contribution in [0.15, 0.2) is 16.8 Å². The van der Waals surface area contributed by atoms with E-state index in [-0.39, 0.29) is 28.8 Å². The van der Waals surface area contributed by atoms with E-state index in [4.69, 9.17) is 5.73 Å². The van der Waals surface area contributed by atoms with Gasteiger partial charge in [-0.3, -0.25) is 4.79 Å². The van der Waals surface area contributed by atoms with Crippen molar-refractivity contribution in [1.29, 1.82) is 0 Å². The topological polar surface area (TPSA) is 55.1 Å². The molecule has 0 spiro atoms. The van der Waals surface area contributed by atoms with Crippen LogP contribution in [0, 0.1) is 10.8 Å².